The van der Waals surface area contributed by atoms with E-state index in [1.807, 2.05) is 41.3 Å². The van der Waals surface area contributed by atoms with Gasteiger partial charge in [0.1, 0.15) is 11.6 Å². The molecular formula is C32H38FN5O. The van der Waals surface area contributed by atoms with Gasteiger partial charge in [0.05, 0.1) is 11.0 Å². The number of anilines is 1. The van der Waals surface area contributed by atoms with Gasteiger partial charge in [0.15, 0.2) is 0 Å². The SMILES string of the molecule is Cc1nc2ccccc2n1C1C[C@H]2CC[C@@H](C1)N2CCCN(C(=O)NCc1cccc(F)c1)c1ccccc1.[HH]. The maximum Gasteiger partial charge on any atom is 0.322 e. The third-order valence-corrected chi connectivity index (χ3v) is 8.44. The van der Waals surface area contributed by atoms with Gasteiger partial charge in [-0.25, -0.2) is 14.2 Å². The molecule has 0 spiro atoms. The van der Waals surface area contributed by atoms with Gasteiger partial charge in [0.2, 0.25) is 0 Å². The first-order valence-corrected chi connectivity index (χ1v) is 14.1. The minimum Gasteiger partial charge on any atom is -0.334 e. The molecule has 2 aliphatic rings. The number of amides is 2. The van der Waals surface area contributed by atoms with Gasteiger partial charge in [-0.15, -0.1) is 0 Å². The largest absolute Gasteiger partial charge is 0.334 e. The number of carbonyl (C=O) groups is 1. The van der Waals surface area contributed by atoms with E-state index in [0.717, 1.165) is 48.4 Å². The summed E-state index contributed by atoms with van der Waals surface area (Å²) in [6, 6.07) is 26.1. The van der Waals surface area contributed by atoms with E-state index in [9.17, 15) is 9.18 Å². The molecule has 204 valence electrons. The third kappa shape index (κ3) is 5.41. The highest BCUT2D eigenvalue weighted by molar-refractivity contribution is 5.91. The van der Waals surface area contributed by atoms with Crippen molar-refractivity contribution in [3.05, 3.63) is 96.1 Å². The lowest BCUT2D eigenvalue weighted by molar-refractivity contribution is 0.107. The molecule has 1 aromatic heterocycles. The van der Waals surface area contributed by atoms with E-state index in [1.54, 1.807) is 6.07 Å². The number of nitrogens with zero attached hydrogens (tertiary/aromatic N) is 4. The van der Waals surface area contributed by atoms with Crippen LogP contribution >= 0.6 is 0 Å². The number of halogens is 1. The summed E-state index contributed by atoms with van der Waals surface area (Å²) in [4.78, 5) is 22.6. The Labute approximate surface area is 230 Å². The van der Waals surface area contributed by atoms with Gasteiger partial charge in [0, 0.05) is 44.9 Å². The Hall–Kier alpha value is -3.71. The van der Waals surface area contributed by atoms with Crippen molar-refractivity contribution in [3.8, 4) is 0 Å². The van der Waals surface area contributed by atoms with Crippen LogP contribution in [0.2, 0.25) is 0 Å². The zero-order chi connectivity index (χ0) is 26.8. The Morgan fingerprint density at radius 3 is 2.51 bits per heavy atom. The molecule has 2 bridgehead atoms. The molecule has 3 atom stereocenters. The van der Waals surface area contributed by atoms with Crippen molar-refractivity contribution in [1.82, 2.24) is 19.8 Å². The predicted molar refractivity (Wildman–Crippen MR) is 155 cm³/mol. The average molecular weight is 528 g/mol. The van der Waals surface area contributed by atoms with Crippen LogP contribution in [0.4, 0.5) is 14.9 Å². The van der Waals surface area contributed by atoms with Crippen molar-refractivity contribution in [2.75, 3.05) is 18.0 Å². The van der Waals surface area contributed by atoms with Crippen LogP contribution in [-0.2, 0) is 6.54 Å². The summed E-state index contributed by atoms with van der Waals surface area (Å²) >= 11 is 0. The number of aromatic nitrogens is 2. The van der Waals surface area contributed by atoms with E-state index < -0.39 is 0 Å². The number of para-hydroxylation sites is 3. The Bertz CT molecular complexity index is 1430. The fourth-order valence-corrected chi connectivity index (χ4v) is 6.73. The van der Waals surface area contributed by atoms with Gasteiger partial charge in [-0.3, -0.25) is 9.80 Å². The number of hydrogen-bond donors (Lipinski definition) is 1. The summed E-state index contributed by atoms with van der Waals surface area (Å²) in [6.45, 7) is 4.03. The first-order valence-electron chi connectivity index (χ1n) is 14.1. The van der Waals surface area contributed by atoms with Gasteiger partial charge >= 0.3 is 6.03 Å². The Balaban J connectivity index is 0.00000323. The molecule has 6 rings (SSSR count). The van der Waals surface area contributed by atoms with Gasteiger partial charge in [-0.2, -0.15) is 0 Å². The minimum absolute atomic E-state index is 0. The van der Waals surface area contributed by atoms with E-state index in [-0.39, 0.29) is 13.3 Å². The van der Waals surface area contributed by atoms with E-state index in [4.69, 9.17) is 4.98 Å². The van der Waals surface area contributed by atoms with Crippen LogP contribution in [0.5, 0.6) is 0 Å². The standard InChI is InChI=1S/C32H36FN5O.H2/c1-23-35-30-13-5-6-14-31(30)38(23)29-20-27-15-16-28(21-29)36(27)17-8-18-37(26-11-3-2-4-12-26)32(39)34-22-24-9-7-10-25(33)19-24;/h2-7,9-14,19,27-29H,8,15-18,20-22H2,1H3,(H,34,39);1H/t27-,28+,29?;. The van der Waals surface area contributed by atoms with Crippen LogP contribution in [0, 0.1) is 12.7 Å². The normalized spacial score (nSPS) is 20.8. The van der Waals surface area contributed by atoms with E-state index >= 15 is 0 Å². The third-order valence-electron chi connectivity index (χ3n) is 8.44. The monoisotopic (exact) mass is 527 g/mol. The van der Waals surface area contributed by atoms with Gasteiger partial charge < -0.3 is 9.88 Å². The minimum atomic E-state index is -0.295. The summed E-state index contributed by atoms with van der Waals surface area (Å²) in [5, 5.41) is 2.98. The maximum atomic E-state index is 13.6. The molecule has 1 N–H and O–H groups in total. The van der Waals surface area contributed by atoms with Gasteiger partial charge in [-0.05, 0) is 81.0 Å². The number of urea groups is 1. The number of piperidine rings is 1. The molecule has 3 aromatic carbocycles. The number of rotatable bonds is 8. The van der Waals surface area contributed by atoms with Crippen LogP contribution in [-0.4, -0.2) is 45.7 Å². The molecule has 0 aliphatic carbocycles. The van der Waals surface area contributed by atoms with Crippen LogP contribution in [0.15, 0.2) is 78.9 Å². The van der Waals surface area contributed by atoms with Gasteiger partial charge in [-0.1, -0.05) is 42.5 Å². The number of fused-ring (bicyclic) bond motifs is 3. The van der Waals surface area contributed by atoms with E-state index in [0.29, 0.717) is 31.2 Å². The van der Waals surface area contributed by atoms with Crippen molar-refractivity contribution >= 4 is 22.8 Å². The van der Waals surface area contributed by atoms with E-state index in [1.165, 1.54) is 30.5 Å². The summed E-state index contributed by atoms with van der Waals surface area (Å²) in [5.74, 6) is 0.813. The molecule has 2 saturated heterocycles. The highest BCUT2D eigenvalue weighted by Gasteiger charge is 2.41. The second-order valence-corrected chi connectivity index (χ2v) is 10.9. The van der Waals surface area contributed by atoms with Crippen LogP contribution in [0.25, 0.3) is 11.0 Å². The van der Waals surface area contributed by atoms with Crippen molar-refractivity contribution in [1.29, 1.82) is 0 Å². The molecule has 0 radical (unpaired) electrons. The highest BCUT2D eigenvalue weighted by Crippen LogP contribution is 2.42. The topological polar surface area (TPSA) is 53.4 Å². The molecule has 0 saturated carbocycles. The maximum absolute atomic E-state index is 13.6. The molecule has 2 fully saturated rings. The molecule has 4 aromatic rings. The average Bonchev–Trinajstić information content (AvgIpc) is 3.40. The lowest BCUT2D eigenvalue weighted by Gasteiger charge is -2.40. The molecule has 39 heavy (non-hydrogen) atoms. The number of benzene rings is 3. The number of aryl methyl sites for hydroxylation is 1. The molecule has 7 heteroatoms. The Morgan fingerprint density at radius 2 is 1.74 bits per heavy atom. The predicted octanol–water partition coefficient (Wildman–Crippen LogP) is 6.70. The second kappa shape index (κ2) is 11.2. The molecule has 6 nitrogen and oxygen atoms in total. The fraction of sp³-hybridized carbons (Fsp3) is 0.375. The molecule has 3 heterocycles. The first-order chi connectivity index (χ1) is 19.1. The zero-order valence-electron chi connectivity index (χ0n) is 22.5. The Kier molecular flexibility index (Phi) is 7.33. The molecule has 2 aliphatic heterocycles. The summed E-state index contributed by atoms with van der Waals surface area (Å²) in [6.07, 6.45) is 5.67. The fourth-order valence-electron chi connectivity index (χ4n) is 6.73. The number of hydrogen-bond acceptors (Lipinski definition) is 3. The second-order valence-electron chi connectivity index (χ2n) is 10.9. The van der Waals surface area contributed by atoms with Crippen molar-refractivity contribution in [3.63, 3.8) is 0 Å². The summed E-state index contributed by atoms with van der Waals surface area (Å²) in [5.41, 5.74) is 3.95. The quantitative estimate of drug-likeness (QED) is 0.277. The number of carbonyl (C=O) groups excluding carboxylic acids is 1. The number of imidazole rings is 1. The number of nitrogens with one attached hydrogen (secondary N) is 1. The van der Waals surface area contributed by atoms with Crippen LogP contribution < -0.4 is 10.2 Å². The van der Waals surface area contributed by atoms with Crippen LogP contribution in [0.1, 0.15) is 51.0 Å². The van der Waals surface area contributed by atoms with Crippen molar-refractivity contribution < 1.29 is 10.6 Å². The molecule has 1 unspecified atom stereocenters. The smallest absolute Gasteiger partial charge is 0.322 e. The molecule has 2 amide bonds. The zero-order valence-corrected chi connectivity index (χ0v) is 22.5. The lowest BCUT2D eigenvalue weighted by atomic mass is 9.96. The van der Waals surface area contributed by atoms with E-state index in [2.05, 4.69) is 46.0 Å². The van der Waals surface area contributed by atoms with Crippen molar-refractivity contribution in [2.24, 2.45) is 0 Å². The summed E-state index contributed by atoms with van der Waals surface area (Å²) < 4.78 is 16.1. The first kappa shape index (κ1) is 25.6. The van der Waals surface area contributed by atoms with Gasteiger partial charge in [0.25, 0.3) is 0 Å². The Morgan fingerprint density at radius 1 is 1.00 bits per heavy atom. The summed E-state index contributed by atoms with van der Waals surface area (Å²) in [7, 11) is 0. The van der Waals surface area contributed by atoms with Crippen molar-refractivity contribution in [2.45, 2.75) is 63.7 Å². The van der Waals surface area contributed by atoms with Crippen LogP contribution in [0.3, 0.4) is 0 Å². The lowest BCUT2D eigenvalue weighted by Crippen LogP contribution is -2.45. The highest BCUT2D eigenvalue weighted by atomic mass is 19.1. The molecular weight excluding hydrogens is 489 g/mol.